The summed E-state index contributed by atoms with van der Waals surface area (Å²) in [5, 5.41) is 56.9. The number of ether oxygens (including phenoxy) is 3. The fourth-order valence-electron chi connectivity index (χ4n) is 8.91. The number of aliphatic hydroxyl groups is 5. The van der Waals surface area contributed by atoms with Crippen LogP contribution in [0.25, 0.3) is 0 Å². The molecule has 8 unspecified atom stereocenters. The van der Waals surface area contributed by atoms with Crippen LogP contribution in [-0.2, 0) is 23.8 Å². The maximum Gasteiger partial charge on any atom is 0.306 e. The Balaban J connectivity index is 2.76. The first-order chi connectivity index (χ1) is 38.7. The lowest BCUT2D eigenvalue weighted by Gasteiger charge is -2.41. The molecule has 8 atom stereocenters. The Hall–Kier alpha value is -3.94. The van der Waals surface area contributed by atoms with Crippen LogP contribution >= 0.6 is 0 Å². The Kier molecular flexibility index (Phi) is 50.5. The molecule has 79 heavy (non-hydrogen) atoms. The topological polar surface area (TPSA) is 175 Å². The number of nitrogens with one attached hydrogen (secondary N) is 1. The first-order valence-corrected chi connectivity index (χ1v) is 31.3. The molecule has 0 bridgehead atoms. The average Bonchev–Trinajstić information content (AvgIpc) is 3.49. The van der Waals surface area contributed by atoms with Crippen LogP contribution < -0.4 is 5.32 Å². The van der Waals surface area contributed by atoms with E-state index in [0.717, 1.165) is 109 Å². The maximum absolute atomic E-state index is 13.4. The molecule has 11 heteroatoms. The van der Waals surface area contributed by atoms with Gasteiger partial charge in [-0.1, -0.05) is 245 Å². The largest absolute Gasteiger partial charge is 0.454 e. The smallest absolute Gasteiger partial charge is 0.306 e. The van der Waals surface area contributed by atoms with Crippen molar-refractivity contribution in [3.63, 3.8) is 0 Å². The van der Waals surface area contributed by atoms with E-state index in [2.05, 4.69) is 117 Å². The minimum atomic E-state index is -1.64. The fraction of sp³-hybridized carbons (Fsp3) is 0.676. The SMILES string of the molecule is CC/C=C\C/C=C\C/C=C\C/C=C\C/C=C\C/C=C\CC(O)C(=O)NC(COC1OC(CO)C(O)C(O)C1OC(=O)CCCCCCCC/C=C\C/C=C\C/C=C\CCCCC)C(O)/C=C/CCCCCCCCCCCCC. The molecule has 1 heterocycles. The highest BCUT2D eigenvalue weighted by atomic mass is 16.7. The van der Waals surface area contributed by atoms with Crippen molar-refractivity contribution in [3.8, 4) is 0 Å². The predicted molar refractivity (Wildman–Crippen MR) is 328 cm³/mol. The number of unbranched alkanes of at least 4 members (excludes halogenated alkanes) is 20. The molecular formula is C68H113NO10. The number of hydrogen-bond acceptors (Lipinski definition) is 10. The minimum Gasteiger partial charge on any atom is -0.454 e. The minimum absolute atomic E-state index is 0.0504. The molecule has 11 nitrogen and oxygen atoms in total. The van der Waals surface area contributed by atoms with Gasteiger partial charge in [0.1, 0.15) is 24.4 Å². The summed E-state index contributed by atoms with van der Waals surface area (Å²) in [6, 6.07) is -1.08. The van der Waals surface area contributed by atoms with E-state index in [9.17, 15) is 35.1 Å². The van der Waals surface area contributed by atoms with Crippen molar-refractivity contribution < 1.29 is 49.3 Å². The van der Waals surface area contributed by atoms with Crippen molar-refractivity contribution >= 4 is 11.9 Å². The molecule has 6 N–H and O–H groups in total. The number of aliphatic hydroxyl groups excluding tert-OH is 5. The summed E-state index contributed by atoms with van der Waals surface area (Å²) in [5.74, 6) is -1.31. The van der Waals surface area contributed by atoms with E-state index in [4.69, 9.17) is 14.2 Å². The Morgan fingerprint density at radius 3 is 1.39 bits per heavy atom. The van der Waals surface area contributed by atoms with Crippen molar-refractivity contribution in [1.29, 1.82) is 0 Å². The lowest BCUT2D eigenvalue weighted by molar-refractivity contribution is -0.305. The van der Waals surface area contributed by atoms with Crippen molar-refractivity contribution in [1.82, 2.24) is 5.32 Å². The maximum atomic E-state index is 13.4. The van der Waals surface area contributed by atoms with Gasteiger partial charge in [0, 0.05) is 12.8 Å². The normalized spacial score (nSPS) is 19.7. The molecule has 0 radical (unpaired) electrons. The Labute approximate surface area is 480 Å². The first kappa shape index (κ1) is 73.1. The summed E-state index contributed by atoms with van der Waals surface area (Å²) in [6.45, 7) is 5.59. The second-order valence-electron chi connectivity index (χ2n) is 21.1. The number of hydrogen-bond donors (Lipinski definition) is 6. The van der Waals surface area contributed by atoms with Gasteiger partial charge in [0.2, 0.25) is 5.91 Å². The van der Waals surface area contributed by atoms with Crippen LogP contribution in [0.3, 0.4) is 0 Å². The van der Waals surface area contributed by atoms with Crippen LogP contribution in [0.15, 0.2) is 122 Å². The summed E-state index contributed by atoms with van der Waals surface area (Å²) in [4.78, 5) is 26.5. The van der Waals surface area contributed by atoms with E-state index in [1.807, 2.05) is 18.2 Å². The van der Waals surface area contributed by atoms with Gasteiger partial charge in [-0.3, -0.25) is 9.59 Å². The van der Waals surface area contributed by atoms with Crippen LogP contribution in [0.4, 0.5) is 0 Å². The summed E-state index contributed by atoms with van der Waals surface area (Å²) in [7, 11) is 0. The van der Waals surface area contributed by atoms with Crippen LogP contribution in [0.1, 0.15) is 233 Å². The highest BCUT2D eigenvalue weighted by Gasteiger charge is 2.47. The van der Waals surface area contributed by atoms with Gasteiger partial charge in [0.15, 0.2) is 12.4 Å². The van der Waals surface area contributed by atoms with E-state index in [0.29, 0.717) is 12.8 Å². The number of esters is 1. The third-order valence-electron chi connectivity index (χ3n) is 13.9. The number of carbonyl (C=O) groups excluding carboxylic acids is 2. The zero-order chi connectivity index (χ0) is 57.5. The number of carbonyl (C=O) groups is 2. The van der Waals surface area contributed by atoms with Crippen LogP contribution in [0.2, 0.25) is 0 Å². The number of rotatable bonds is 51. The second-order valence-corrected chi connectivity index (χ2v) is 21.1. The molecule has 1 aliphatic heterocycles. The van der Waals surface area contributed by atoms with Gasteiger partial charge >= 0.3 is 5.97 Å². The van der Waals surface area contributed by atoms with Crippen LogP contribution in [0.5, 0.6) is 0 Å². The van der Waals surface area contributed by atoms with E-state index in [1.54, 1.807) is 12.2 Å². The van der Waals surface area contributed by atoms with Crippen LogP contribution in [0, 0.1) is 0 Å². The molecule has 0 aromatic heterocycles. The molecular weight excluding hydrogens is 991 g/mol. The van der Waals surface area contributed by atoms with Crippen molar-refractivity contribution in [2.75, 3.05) is 13.2 Å². The highest BCUT2D eigenvalue weighted by Crippen LogP contribution is 2.26. The predicted octanol–water partition coefficient (Wildman–Crippen LogP) is 15.1. The average molecular weight is 1100 g/mol. The second kappa shape index (κ2) is 54.6. The van der Waals surface area contributed by atoms with E-state index in [1.165, 1.54) is 77.0 Å². The van der Waals surface area contributed by atoms with Gasteiger partial charge in [-0.2, -0.15) is 0 Å². The molecule has 0 spiro atoms. The summed E-state index contributed by atoms with van der Waals surface area (Å²) in [6.07, 6.45) is 65.3. The molecule has 1 aliphatic rings. The van der Waals surface area contributed by atoms with Gasteiger partial charge in [0.25, 0.3) is 0 Å². The van der Waals surface area contributed by atoms with E-state index >= 15 is 0 Å². The Morgan fingerprint density at radius 2 is 0.911 bits per heavy atom. The standard InChI is InChI=1S/C68H113NO10/c1-4-7-10-13-16-19-22-25-27-29-31-33-35-38-41-44-47-50-53-56-63(73)79-66-65(75)64(74)62(57-70)78-68(66)77-58-59(60(71)54-51-48-45-42-39-36-24-21-18-15-12-9-6-3)69-67(76)61(72)55-52-49-46-43-40-37-34-32-30-28-26-23-20-17-14-11-8-5-2/h8,11,16-17,19-20,25-28,31-34,40,43,49,51-52,54,59-62,64-66,68,70-72,74-75H,4-7,9-10,12-15,18,21-24,29-30,35-39,41-42,44-48,50,53,55-58H2,1-3H3,(H,69,76)/b11-8-,19-16-,20-17-,27-25-,28-26-,33-31-,34-32-,43-40-,52-49-,54-51+. The van der Waals surface area contributed by atoms with E-state index in [-0.39, 0.29) is 19.4 Å². The molecule has 450 valence electrons. The third-order valence-corrected chi connectivity index (χ3v) is 13.9. The van der Waals surface area contributed by atoms with Gasteiger partial charge in [0.05, 0.1) is 25.4 Å². The summed E-state index contributed by atoms with van der Waals surface area (Å²) >= 11 is 0. The first-order valence-electron chi connectivity index (χ1n) is 31.3. The van der Waals surface area contributed by atoms with Crippen molar-refractivity contribution in [3.05, 3.63) is 122 Å². The summed E-state index contributed by atoms with van der Waals surface area (Å²) < 4.78 is 17.6. The molecule has 1 amide bonds. The molecule has 1 rings (SSSR count). The monoisotopic (exact) mass is 1100 g/mol. The lowest BCUT2D eigenvalue weighted by atomic mass is 9.99. The lowest BCUT2D eigenvalue weighted by Crippen LogP contribution is -2.61. The van der Waals surface area contributed by atoms with Crippen molar-refractivity contribution in [2.45, 2.75) is 282 Å². The zero-order valence-electron chi connectivity index (χ0n) is 49.7. The number of amides is 1. The molecule has 1 fully saturated rings. The van der Waals surface area contributed by atoms with Crippen LogP contribution in [-0.4, -0.2) is 99.6 Å². The molecule has 0 aliphatic carbocycles. The Bertz CT molecular complexity index is 1740. The van der Waals surface area contributed by atoms with Crippen molar-refractivity contribution in [2.24, 2.45) is 0 Å². The fourth-order valence-corrected chi connectivity index (χ4v) is 8.91. The molecule has 0 aromatic carbocycles. The van der Waals surface area contributed by atoms with Gasteiger partial charge < -0.3 is 45.1 Å². The third kappa shape index (κ3) is 42.6. The van der Waals surface area contributed by atoms with Gasteiger partial charge in [-0.05, 0) is 96.3 Å². The summed E-state index contributed by atoms with van der Waals surface area (Å²) in [5.41, 5.74) is 0. The molecule has 0 saturated carbocycles. The highest BCUT2D eigenvalue weighted by molar-refractivity contribution is 5.81. The molecule has 1 saturated heterocycles. The molecule has 0 aromatic rings. The van der Waals surface area contributed by atoms with E-state index < -0.39 is 67.4 Å². The van der Waals surface area contributed by atoms with Gasteiger partial charge in [-0.25, -0.2) is 0 Å². The Morgan fingerprint density at radius 1 is 0.506 bits per heavy atom. The zero-order valence-corrected chi connectivity index (χ0v) is 49.7. The number of allylic oxidation sites excluding steroid dienone is 18. The quantitative estimate of drug-likeness (QED) is 0.0195. The van der Waals surface area contributed by atoms with Gasteiger partial charge in [-0.15, -0.1) is 0 Å².